The van der Waals surface area contributed by atoms with E-state index in [4.69, 9.17) is 4.74 Å². The summed E-state index contributed by atoms with van der Waals surface area (Å²) in [4.78, 5) is 35.1. The van der Waals surface area contributed by atoms with Crippen molar-refractivity contribution in [2.45, 2.75) is 6.61 Å². The molecule has 10 heteroatoms. The minimum atomic E-state index is -3.02. The third-order valence-corrected chi connectivity index (χ3v) is 3.78. The topological polar surface area (TPSA) is 93.7 Å². The molecule has 0 unspecified atom stereocenters. The lowest BCUT2D eigenvalue weighted by molar-refractivity contribution is -0.144. The molecule has 0 saturated carbocycles. The molecule has 2 aromatic rings. The van der Waals surface area contributed by atoms with E-state index in [1.165, 1.54) is 24.3 Å². The number of hydrazine groups is 1. The first-order valence-electron chi connectivity index (χ1n) is 8.08. The molecule has 152 valence electrons. The van der Waals surface area contributed by atoms with E-state index < -0.39 is 31.0 Å². The van der Waals surface area contributed by atoms with Crippen LogP contribution in [0.3, 0.4) is 0 Å². The van der Waals surface area contributed by atoms with E-state index in [1.807, 2.05) is 0 Å². The van der Waals surface area contributed by atoms with Gasteiger partial charge in [0.25, 0.3) is 11.8 Å². The van der Waals surface area contributed by atoms with Gasteiger partial charge < -0.3 is 9.47 Å². The second-order valence-electron chi connectivity index (χ2n) is 5.37. The number of carbonyl (C=O) groups is 3. The minimum Gasteiger partial charge on any atom is -0.452 e. The van der Waals surface area contributed by atoms with Crippen molar-refractivity contribution in [3.8, 4) is 5.75 Å². The molecule has 0 saturated heterocycles. The Morgan fingerprint density at radius 1 is 1.07 bits per heavy atom. The Labute approximate surface area is 172 Å². The van der Waals surface area contributed by atoms with Crippen LogP contribution in [0.1, 0.15) is 15.9 Å². The Balaban J connectivity index is 1.83. The average Bonchev–Trinajstić information content (AvgIpc) is 2.70. The minimum absolute atomic E-state index is 0.131. The molecule has 2 N–H and O–H groups in total. The second kappa shape index (κ2) is 10.9. The molecule has 0 radical (unpaired) electrons. The van der Waals surface area contributed by atoms with Crippen molar-refractivity contribution in [2.24, 2.45) is 0 Å². The Bertz CT molecular complexity index is 907. The van der Waals surface area contributed by atoms with Crippen molar-refractivity contribution < 1.29 is 32.6 Å². The van der Waals surface area contributed by atoms with E-state index in [0.29, 0.717) is 10.0 Å². The van der Waals surface area contributed by atoms with E-state index in [0.717, 1.165) is 6.08 Å². The van der Waals surface area contributed by atoms with Gasteiger partial charge in [-0.25, -0.2) is 4.79 Å². The maximum absolute atomic E-state index is 12.4. The van der Waals surface area contributed by atoms with Crippen LogP contribution in [0.2, 0.25) is 0 Å². The van der Waals surface area contributed by atoms with Crippen LogP contribution in [0, 0.1) is 0 Å². The normalized spacial score (nSPS) is 10.6. The fourth-order valence-electron chi connectivity index (χ4n) is 2.02. The molecule has 29 heavy (non-hydrogen) atoms. The van der Waals surface area contributed by atoms with Gasteiger partial charge in [0.2, 0.25) is 0 Å². The number of benzene rings is 2. The van der Waals surface area contributed by atoms with Crippen molar-refractivity contribution in [3.63, 3.8) is 0 Å². The summed E-state index contributed by atoms with van der Waals surface area (Å²) in [7, 11) is 0. The molecular weight excluding hydrogens is 454 g/mol. The lowest BCUT2D eigenvalue weighted by atomic mass is 10.2. The lowest BCUT2D eigenvalue weighted by Crippen LogP contribution is -2.43. The quantitative estimate of drug-likeness (QED) is 0.370. The third-order valence-electron chi connectivity index (χ3n) is 3.28. The molecular formula is C19H15BrF2N2O5. The smallest absolute Gasteiger partial charge is 0.387 e. The highest BCUT2D eigenvalue weighted by Crippen LogP contribution is 2.26. The summed E-state index contributed by atoms with van der Waals surface area (Å²) in [6.45, 7) is -3.68. The van der Waals surface area contributed by atoms with E-state index in [9.17, 15) is 23.2 Å². The number of esters is 1. The number of carbonyl (C=O) groups excluding carboxylic acids is 3. The van der Waals surface area contributed by atoms with Gasteiger partial charge in [0, 0.05) is 21.7 Å². The maximum Gasteiger partial charge on any atom is 0.387 e. The van der Waals surface area contributed by atoms with Gasteiger partial charge in [-0.2, -0.15) is 8.78 Å². The van der Waals surface area contributed by atoms with Crippen molar-refractivity contribution in [3.05, 3.63) is 70.2 Å². The largest absolute Gasteiger partial charge is 0.452 e. The molecule has 0 aliphatic heterocycles. The zero-order valence-electron chi connectivity index (χ0n) is 14.7. The van der Waals surface area contributed by atoms with Gasteiger partial charge in [-0.3, -0.25) is 20.4 Å². The van der Waals surface area contributed by atoms with Gasteiger partial charge in [-0.15, -0.1) is 0 Å². The van der Waals surface area contributed by atoms with Gasteiger partial charge in [0.15, 0.2) is 6.61 Å². The Kier molecular flexibility index (Phi) is 8.28. The fraction of sp³-hybridized carbons (Fsp3) is 0.105. The molecule has 0 heterocycles. The highest BCUT2D eigenvalue weighted by Gasteiger charge is 2.10. The Morgan fingerprint density at radius 3 is 2.48 bits per heavy atom. The van der Waals surface area contributed by atoms with Crippen molar-refractivity contribution in [2.75, 3.05) is 6.61 Å². The maximum atomic E-state index is 12.4. The number of nitrogens with one attached hydrogen (secondary N) is 2. The number of halogens is 3. The molecule has 0 aromatic heterocycles. The zero-order chi connectivity index (χ0) is 21.2. The number of amides is 2. The first kappa shape index (κ1) is 22.0. The molecule has 0 aliphatic rings. The summed E-state index contributed by atoms with van der Waals surface area (Å²) in [6, 6.07) is 12.4. The van der Waals surface area contributed by atoms with Crippen LogP contribution in [0.15, 0.2) is 59.1 Å². The van der Waals surface area contributed by atoms with Crippen molar-refractivity contribution in [1.29, 1.82) is 0 Å². The molecule has 2 aromatic carbocycles. The molecule has 2 rings (SSSR count). The summed E-state index contributed by atoms with van der Waals surface area (Å²) >= 11 is 3.18. The van der Waals surface area contributed by atoms with E-state index in [-0.39, 0.29) is 11.3 Å². The van der Waals surface area contributed by atoms with Gasteiger partial charge >= 0.3 is 12.6 Å². The van der Waals surface area contributed by atoms with E-state index in [1.54, 1.807) is 30.3 Å². The first-order valence-corrected chi connectivity index (χ1v) is 8.88. The standard InChI is InChI=1S/C19H15BrF2N2O5/c20-14-7-8-15(29-19(21)22)13(10-14)6-9-17(26)28-11-16(25)23-24-18(27)12-4-2-1-3-5-12/h1-10,19H,11H2,(H,23,25)(H,24,27). The molecule has 2 amide bonds. The van der Waals surface area contributed by atoms with Crippen molar-refractivity contribution in [1.82, 2.24) is 10.9 Å². The molecule has 0 fully saturated rings. The van der Waals surface area contributed by atoms with Crippen LogP contribution < -0.4 is 15.6 Å². The number of ether oxygens (including phenoxy) is 2. The number of alkyl halides is 2. The monoisotopic (exact) mass is 468 g/mol. The van der Waals surface area contributed by atoms with Crippen LogP contribution in [0.5, 0.6) is 5.75 Å². The van der Waals surface area contributed by atoms with E-state index >= 15 is 0 Å². The lowest BCUT2D eigenvalue weighted by Gasteiger charge is -2.08. The van der Waals surface area contributed by atoms with Crippen LogP contribution in [0.25, 0.3) is 6.08 Å². The SMILES string of the molecule is O=C(COC(=O)C=Cc1cc(Br)ccc1OC(F)F)NNC(=O)c1ccccc1. The Morgan fingerprint density at radius 2 is 1.79 bits per heavy atom. The van der Waals surface area contributed by atoms with Crippen LogP contribution in [0.4, 0.5) is 8.78 Å². The van der Waals surface area contributed by atoms with Crippen LogP contribution in [-0.2, 0) is 14.3 Å². The van der Waals surface area contributed by atoms with Crippen LogP contribution >= 0.6 is 15.9 Å². The number of hydrogen-bond acceptors (Lipinski definition) is 5. The summed E-state index contributed by atoms with van der Waals surface area (Å²) < 4.78 is 34.5. The zero-order valence-corrected chi connectivity index (χ0v) is 16.3. The summed E-state index contributed by atoms with van der Waals surface area (Å²) in [6.07, 6.45) is 2.16. The molecule has 7 nitrogen and oxygen atoms in total. The summed E-state index contributed by atoms with van der Waals surface area (Å²) in [5.74, 6) is -2.32. The second-order valence-corrected chi connectivity index (χ2v) is 6.29. The summed E-state index contributed by atoms with van der Waals surface area (Å²) in [5, 5.41) is 0. The van der Waals surface area contributed by atoms with Crippen molar-refractivity contribution >= 4 is 39.8 Å². The van der Waals surface area contributed by atoms with Gasteiger partial charge in [0.1, 0.15) is 5.75 Å². The molecule has 0 bridgehead atoms. The van der Waals surface area contributed by atoms with Gasteiger partial charge in [-0.1, -0.05) is 34.1 Å². The van der Waals surface area contributed by atoms with Crippen LogP contribution in [-0.4, -0.2) is 31.0 Å². The first-order chi connectivity index (χ1) is 13.8. The fourth-order valence-corrected chi connectivity index (χ4v) is 2.40. The van der Waals surface area contributed by atoms with Gasteiger partial charge in [0.05, 0.1) is 0 Å². The average molecular weight is 469 g/mol. The van der Waals surface area contributed by atoms with Gasteiger partial charge in [-0.05, 0) is 36.4 Å². The highest BCUT2D eigenvalue weighted by molar-refractivity contribution is 9.10. The molecule has 0 aliphatic carbocycles. The predicted octanol–water partition coefficient (Wildman–Crippen LogP) is 3.07. The summed E-state index contributed by atoms with van der Waals surface area (Å²) in [5.41, 5.74) is 4.81. The number of rotatable bonds is 7. The predicted molar refractivity (Wildman–Crippen MR) is 103 cm³/mol. The molecule has 0 spiro atoms. The number of hydrogen-bond donors (Lipinski definition) is 2. The highest BCUT2D eigenvalue weighted by atomic mass is 79.9. The molecule has 0 atom stereocenters. The third kappa shape index (κ3) is 7.70. The van der Waals surface area contributed by atoms with E-state index in [2.05, 4.69) is 31.5 Å². The Hall–Kier alpha value is -3.27.